The summed E-state index contributed by atoms with van der Waals surface area (Å²) in [6.45, 7) is 5.60. The first kappa shape index (κ1) is 12.4. The van der Waals surface area contributed by atoms with Crippen LogP contribution in [0.25, 0.3) is 0 Å². The number of aliphatic hydroxyl groups excluding tert-OH is 1. The maximum Gasteiger partial charge on any atom is 0.269 e. The third kappa shape index (κ3) is 3.17. The Labute approximate surface area is 94.4 Å². The van der Waals surface area contributed by atoms with E-state index < -0.39 is 11.0 Å². The van der Waals surface area contributed by atoms with Crippen LogP contribution in [0.5, 0.6) is 0 Å². The van der Waals surface area contributed by atoms with Gasteiger partial charge >= 0.3 is 0 Å². The molecule has 0 aliphatic rings. The van der Waals surface area contributed by atoms with E-state index in [4.69, 9.17) is 0 Å². The van der Waals surface area contributed by atoms with Crippen molar-refractivity contribution < 1.29 is 10.0 Å². The molecule has 0 radical (unpaired) electrons. The highest BCUT2D eigenvalue weighted by Gasteiger charge is 2.12. The van der Waals surface area contributed by atoms with Gasteiger partial charge in [0.05, 0.1) is 11.0 Å². The monoisotopic (exact) mass is 221 g/mol. The third-order valence-corrected chi connectivity index (χ3v) is 2.49. The normalized spacial score (nSPS) is 14.1. The molecule has 2 atom stereocenters. The Balaban J connectivity index is 2.73. The number of nitrogens with zero attached hydrogens (tertiary/aromatic N) is 1. The van der Waals surface area contributed by atoms with Crippen LogP contribution in [0.15, 0.2) is 36.9 Å². The fourth-order valence-corrected chi connectivity index (χ4v) is 1.40. The lowest BCUT2D eigenvalue weighted by Crippen LogP contribution is -2.02. The van der Waals surface area contributed by atoms with Crippen molar-refractivity contribution >= 4 is 5.69 Å². The standard InChI is InChI=1S/C12H15NO3/c1-3-9(2)8-12(14)10-4-6-11(7-5-10)13(15)16/h3-7,9,12,14H,1,8H2,2H3/t9-,12+/m1/s1. The van der Waals surface area contributed by atoms with Gasteiger partial charge in [-0.2, -0.15) is 0 Å². The fraction of sp³-hybridized carbons (Fsp3) is 0.333. The number of nitro groups is 1. The van der Waals surface area contributed by atoms with Crippen LogP contribution in [0.2, 0.25) is 0 Å². The molecular weight excluding hydrogens is 206 g/mol. The van der Waals surface area contributed by atoms with E-state index in [9.17, 15) is 15.2 Å². The number of hydrogen-bond acceptors (Lipinski definition) is 3. The molecule has 0 aliphatic heterocycles. The molecule has 0 aromatic heterocycles. The van der Waals surface area contributed by atoms with Gasteiger partial charge in [-0.25, -0.2) is 0 Å². The Bertz CT molecular complexity index is 372. The Morgan fingerprint density at radius 1 is 1.50 bits per heavy atom. The largest absolute Gasteiger partial charge is 0.388 e. The van der Waals surface area contributed by atoms with Gasteiger partial charge in [-0.3, -0.25) is 10.1 Å². The van der Waals surface area contributed by atoms with Crippen molar-refractivity contribution in [3.8, 4) is 0 Å². The minimum absolute atomic E-state index is 0.0349. The van der Waals surface area contributed by atoms with Gasteiger partial charge in [0.2, 0.25) is 0 Å². The molecule has 0 bridgehead atoms. The molecule has 0 unspecified atom stereocenters. The molecule has 1 rings (SSSR count). The zero-order valence-electron chi connectivity index (χ0n) is 9.17. The minimum atomic E-state index is -0.603. The van der Waals surface area contributed by atoms with Gasteiger partial charge in [0.25, 0.3) is 5.69 Å². The second-order valence-corrected chi connectivity index (χ2v) is 3.81. The van der Waals surface area contributed by atoms with Crippen LogP contribution in [-0.4, -0.2) is 10.0 Å². The third-order valence-electron chi connectivity index (χ3n) is 2.49. The molecule has 0 spiro atoms. The molecule has 1 N–H and O–H groups in total. The Morgan fingerprint density at radius 2 is 2.06 bits per heavy atom. The summed E-state index contributed by atoms with van der Waals surface area (Å²) < 4.78 is 0. The van der Waals surface area contributed by atoms with Crippen LogP contribution in [0.4, 0.5) is 5.69 Å². The fourth-order valence-electron chi connectivity index (χ4n) is 1.40. The smallest absolute Gasteiger partial charge is 0.269 e. The first-order valence-corrected chi connectivity index (χ1v) is 5.09. The van der Waals surface area contributed by atoms with E-state index in [-0.39, 0.29) is 11.6 Å². The van der Waals surface area contributed by atoms with Crippen LogP contribution in [0, 0.1) is 16.0 Å². The summed E-state index contributed by atoms with van der Waals surface area (Å²) in [5, 5.41) is 20.3. The van der Waals surface area contributed by atoms with Gasteiger partial charge in [-0.05, 0) is 30.0 Å². The number of hydrogen-bond donors (Lipinski definition) is 1. The van der Waals surface area contributed by atoms with Gasteiger partial charge in [0.15, 0.2) is 0 Å². The maximum absolute atomic E-state index is 10.4. The average Bonchev–Trinajstić information content (AvgIpc) is 2.28. The lowest BCUT2D eigenvalue weighted by Gasteiger charge is -2.13. The lowest BCUT2D eigenvalue weighted by atomic mass is 9.98. The van der Waals surface area contributed by atoms with Crippen molar-refractivity contribution in [3.63, 3.8) is 0 Å². The molecule has 16 heavy (non-hydrogen) atoms. The van der Waals surface area contributed by atoms with Gasteiger partial charge in [0, 0.05) is 12.1 Å². The summed E-state index contributed by atoms with van der Waals surface area (Å²) >= 11 is 0. The molecule has 1 aromatic rings. The zero-order chi connectivity index (χ0) is 12.1. The highest BCUT2D eigenvalue weighted by Crippen LogP contribution is 2.23. The second-order valence-electron chi connectivity index (χ2n) is 3.81. The van der Waals surface area contributed by atoms with Crippen molar-refractivity contribution in [2.24, 2.45) is 5.92 Å². The molecule has 86 valence electrons. The topological polar surface area (TPSA) is 63.4 Å². The molecule has 0 amide bonds. The van der Waals surface area contributed by atoms with E-state index in [1.807, 2.05) is 6.92 Å². The number of nitro benzene ring substituents is 1. The molecule has 4 nitrogen and oxygen atoms in total. The summed E-state index contributed by atoms with van der Waals surface area (Å²) in [5.74, 6) is 0.213. The number of non-ortho nitro benzene ring substituents is 1. The highest BCUT2D eigenvalue weighted by atomic mass is 16.6. The average molecular weight is 221 g/mol. The first-order valence-electron chi connectivity index (χ1n) is 5.09. The summed E-state index contributed by atoms with van der Waals surface area (Å²) in [6, 6.07) is 5.96. The first-order chi connectivity index (χ1) is 7.54. The highest BCUT2D eigenvalue weighted by molar-refractivity contribution is 5.33. The van der Waals surface area contributed by atoms with E-state index in [1.165, 1.54) is 12.1 Å². The van der Waals surface area contributed by atoms with Crippen molar-refractivity contribution in [2.45, 2.75) is 19.4 Å². The second kappa shape index (κ2) is 5.42. The van der Waals surface area contributed by atoms with Crippen LogP contribution in [0.3, 0.4) is 0 Å². The van der Waals surface area contributed by atoms with Crippen LogP contribution in [-0.2, 0) is 0 Å². The predicted octanol–water partition coefficient (Wildman–Crippen LogP) is 2.84. The quantitative estimate of drug-likeness (QED) is 0.472. The lowest BCUT2D eigenvalue weighted by molar-refractivity contribution is -0.384. The predicted molar refractivity (Wildman–Crippen MR) is 62.0 cm³/mol. The van der Waals surface area contributed by atoms with Gasteiger partial charge in [-0.1, -0.05) is 13.0 Å². The van der Waals surface area contributed by atoms with E-state index in [0.717, 1.165) is 0 Å². The number of rotatable bonds is 5. The van der Waals surface area contributed by atoms with Gasteiger partial charge in [-0.15, -0.1) is 6.58 Å². The molecule has 0 heterocycles. The molecule has 0 saturated heterocycles. The number of allylic oxidation sites excluding steroid dienone is 1. The van der Waals surface area contributed by atoms with Crippen LogP contribution < -0.4 is 0 Å². The Kier molecular flexibility index (Phi) is 4.19. The van der Waals surface area contributed by atoms with Gasteiger partial charge in [0.1, 0.15) is 0 Å². The van der Waals surface area contributed by atoms with Crippen molar-refractivity contribution in [1.82, 2.24) is 0 Å². The number of aliphatic hydroxyl groups is 1. The summed E-state index contributed by atoms with van der Waals surface area (Å²) in [4.78, 5) is 9.98. The SMILES string of the molecule is C=C[C@@H](C)C[C@H](O)c1ccc([N+](=O)[O-])cc1. The van der Waals surface area contributed by atoms with Crippen molar-refractivity contribution in [2.75, 3.05) is 0 Å². The summed E-state index contributed by atoms with van der Waals surface area (Å²) in [7, 11) is 0. The Morgan fingerprint density at radius 3 is 2.50 bits per heavy atom. The Hall–Kier alpha value is -1.68. The zero-order valence-corrected chi connectivity index (χ0v) is 9.17. The van der Waals surface area contributed by atoms with Gasteiger partial charge < -0.3 is 5.11 Å². The van der Waals surface area contributed by atoms with Crippen molar-refractivity contribution in [1.29, 1.82) is 0 Å². The summed E-state index contributed by atoms with van der Waals surface area (Å²) in [5.41, 5.74) is 0.729. The molecule has 1 aromatic carbocycles. The van der Waals surface area contributed by atoms with Crippen LogP contribution >= 0.6 is 0 Å². The maximum atomic E-state index is 10.4. The van der Waals surface area contributed by atoms with Crippen molar-refractivity contribution in [3.05, 3.63) is 52.6 Å². The molecule has 0 saturated carbocycles. The van der Waals surface area contributed by atoms with E-state index in [0.29, 0.717) is 12.0 Å². The van der Waals surface area contributed by atoms with E-state index in [2.05, 4.69) is 6.58 Å². The van der Waals surface area contributed by atoms with E-state index >= 15 is 0 Å². The van der Waals surface area contributed by atoms with E-state index in [1.54, 1.807) is 18.2 Å². The summed E-state index contributed by atoms with van der Waals surface area (Å²) in [6.07, 6.45) is 1.74. The molecule has 4 heteroatoms. The minimum Gasteiger partial charge on any atom is -0.388 e. The molecule has 0 fully saturated rings. The molecular formula is C12H15NO3. The molecule has 0 aliphatic carbocycles. The van der Waals surface area contributed by atoms with Crippen LogP contribution in [0.1, 0.15) is 25.0 Å². The number of benzene rings is 1.